The van der Waals surface area contributed by atoms with E-state index in [9.17, 15) is 9.59 Å². The summed E-state index contributed by atoms with van der Waals surface area (Å²) in [6.07, 6.45) is 3.44. The number of hydrogen-bond donors (Lipinski definition) is 0. The highest BCUT2D eigenvalue weighted by Gasteiger charge is 2.35. The van der Waals surface area contributed by atoms with Crippen molar-refractivity contribution in [1.29, 1.82) is 0 Å². The predicted octanol–water partition coefficient (Wildman–Crippen LogP) is 2.93. The van der Waals surface area contributed by atoms with E-state index in [4.69, 9.17) is 9.47 Å². The lowest BCUT2D eigenvalue weighted by Gasteiger charge is -2.24. The second-order valence-corrected chi connectivity index (χ2v) is 8.26. The van der Waals surface area contributed by atoms with Crippen molar-refractivity contribution in [2.75, 3.05) is 13.2 Å². The molecule has 21 heavy (non-hydrogen) atoms. The fraction of sp³-hybridized carbons (Fsp3) is 0.882. The minimum Gasteiger partial charge on any atom is -0.373 e. The average molecular weight is 296 g/mol. The van der Waals surface area contributed by atoms with Crippen LogP contribution in [0.15, 0.2) is 0 Å². The summed E-state index contributed by atoms with van der Waals surface area (Å²) in [4.78, 5) is 24.2. The number of hydrogen-bond acceptors (Lipinski definition) is 4. The van der Waals surface area contributed by atoms with Crippen molar-refractivity contribution in [3.63, 3.8) is 0 Å². The highest BCUT2D eigenvalue weighted by atomic mass is 16.6. The third-order valence-corrected chi connectivity index (χ3v) is 4.11. The molecule has 4 nitrogen and oxygen atoms in total. The third-order valence-electron chi connectivity index (χ3n) is 4.11. The van der Waals surface area contributed by atoms with Crippen LogP contribution in [0.1, 0.15) is 59.8 Å². The van der Waals surface area contributed by atoms with Crippen molar-refractivity contribution in [2.24, 2.45) is 10.8 Å². The molecule has 2 aliphatic rings. The monoisotopic (exact) mass is 296 g/mol. The van der Waals surface area contributed by atoms with Gasteiger partial charge in [0.2, 0.25) is 0 Å². The molecule has 2 unspecified atom stereocenters. The maximum Gasteiger partial charge on any atom is 0.140 e. The van der Waals surface area contributed by atoms with Crippen molar-refractivity contribution in [3.8, 4) is 0 Å². The molecule has 2 aliphatic heterocycles. The van der Waals surface area contributed by atoms with Crippen molar-refractivity contribution >= 4 is 11.6 Å². The Balaban J connectivity index is 1.71. The van der Waals surface area contributed by atoms with E-state index in [0.29, 0.717) is 25.0 Å². The van der Waals surface area contributed by atoms with Gasteiger partial charge in [-0.1, -0.05) is 27.7 Å². The first kappa shape index (κ1) is 16.6. The Morgan fingerprint density at radius 3 is 1.48 bits per heavy atom. The van der Waals surface area contributed by atoms with Crippen molar-refractivity contribution in [2.45, 2.75) is 72.0 Å². The Kier molecular flexibility index (Phi) is 4.89. The van der Waals surface area contributed by atoms with Gasteiger partial charge in [0.25, 0.3) is 0 Å². The number of ketones is 2. The summed E-state index contributed by atoms with van der Waals surface area (Å²) >= 11 is 0. The van der Waals surface area contributed by atoms with Crippen LogP contribution in [0.25, 0.3) is 0 Å². The Morgan fingerprint density at radius 2 is 1.19 bits per heavy atom. The largest absolute Gasteiger partial charge is 0.373 e. The molecule has 0 spiro atoms. The summed E-state index contributed by atoms with van der Waals surface area (Å²) in [5, 5.41) is 0. The molecule has 2 fully saturated rings. The first-order valence-corrected chi connectivity index (χ1v) is 7.92. The van der Waals surface area contributed by atoms with Gasteiger partial charge in [-0.3, -0.25) is 9.59 Å². The van der Waals surface area contributed by atoms with E-state index in [2.05, 4.69) is 27.7 Å². The number of ether oxygens (including phenoxy) is 2. The zero-order chi connectivity index (χ0) is 15.7. The van der Waals surface area contributed by atoms with E-state index >= 15 is 0 Å². The van der Waals surface area contributed by atoms with Crippen LogP contribution in [0, 0.1) is 10.8 Å². The molecule has 0 bridgehead atoms. The normalized spacial score (nSPS) is 24.8. The van der Waals surface area contributed by atoms with Crippen LogP contribution in [0.3, 0.4) is 0 Å². The molecule has 120 valence electrons. The molecule has 0 amide bonds. The molecule has 0 radical (unpaired) electrons. The SMILES string of the molecule is CC(C)(CC(=O)CC(=O)CC(C)(C)CC1CO1)CC1CO1. The van der Waals surface area contributed by atoms with E-state index in [-0.39, 0.29) is 28.8 Å². The van der Waals surface area contributed by atoms with Gasteiger partial charge in [-0.2, -0.15) is 0 Å². The number of epoxide rings is 2. The second kappa shape index (κ2) is 6.17. The van der Waals surface area contributed by atoms with Crippen LogP contribution in [0.5, 0.6) is 0 Å². The number of rotatable bonds is 10. The third kappa shape index (κ3) is 6.70. The Labute approximate surface area is 127 Å². The van der Waals surface area contributed by atoms with E-state index in [1.54, 1.807) is 0 Å². The van der Waals surface area contributed by atoms with E-state index < -0.39 is 0 Å². The zero-order valence-corrected chi connectivity index (χ0v) is 13.7. The zero-order valence-electron chi connectivity index (χ0n) is 13.7. The Hall–Kier alpha value is -0.740. The topological polar surface area (TPSA) is 59.2 Å². The van der Waals surface area contributed by atoms with E-state index in [1.807, 2.05) is 0 Å². The van der Waals surface area contributed by atoms with E-state index in [0.717, 1.165) is 26.1 Å². The highest BCUT2D eigenvalue weighted by molar-refractivity contribution is 5.99. The smallest absolute Gasteiger partial charge is 0.140 e. The first-order chi connectivity index (χ1) is 9.65. The van der Waals surface area contributed by atoms with Gasteiger partial charge in [-0.25, -0.2) is 0 Å². The molecular weight excluding hydrogens is 268 g/mol. The van der Waals surface area contributed by atoms with Gasteiger partial charge in [-0.15, -0.1) is 0 Å². The fourth-order valence-corrected chi connectivity index (χ4v) is 3.16. The van der Waals surface area contributed by atoms with Crippen LogP contribution in [0.2, 0.25) is 0 Å². The molecule has 0 aromatic carbocycles. The molecule has 0 N–H and O–H groups in total. The summed E-state index contributed by atoms with van der Waals surface area (Å²) in [7, 11) is 0. The molecule has 0 aliphatic carbocycles. The molecule has 0 aromatic rings. The lowest BCUT2D eigenvalue weighted by molar-refractivity contribution is -0.129. The summed E-state index contributed by atoms with van der Waals surface area (Å²) < 4.78 is 10.5. The molecule has 2 saturated heterocycles. The van der Waals surface area contributed by atoms with Crippen LogP contribution in [-0.4, -0.2) is 37.0 Å². The minimum atomic E-state index is -0.0735. The van der Waals surface area contributed by atoms with Crippen LogP contribution in [0.4, 0.5) is 0 Å². The van der Waals surface area contributed by atoms with Gasteiger partial charge in [0, 0.05) is 12.8 Å². The molecule has 4 heteroatoms. The molecule has 2 atom stereocenters. The molecule has 2 heterocycles. The standard InChI is InChI=1S/C17H28O4/c1-16(2,8-14-10-20-14)6-12(18)5-13(19)7-17(3,4)9-15-11-21-15/h14-15H,5-11H2,1-4H3. The summed E-state index contributed by atoms with van der Waals surface area (Å²) in [5.41, 5.74) is -0.147. The summed E-state index contributed by atoms with van der Waals surface area (Å²) in [6, 6.07) is 0. The second-order valence-electron chi connectivity index (χ2n) is 8.26. The molecule has 0 saturated carbocycles. The van der Waals surface area contributed by atoms with Gasteiger partial charge < -0.3 is 9.47 Å². The van der Waals surface area contributed by atoms with E-state index in [1.165, 1.54) is 0 Å². The van der Waals surface area contributed by atoms with Crippen LogP contribution < -0.4 is 0 Å². The lowest BCUT2D eigenvalue weighted by Crippen LogP contribution is -2.24. The summed E-state index contributed by atoms with van der Waals surface area (Å²) in [6.45, 7) is 9.93. The van der Waals surface area contributed by atoms with Gasteiger partial charge in [0.1, 0.15) is 11.6 Å². The van der Waals surface area contributed by atoms with Gasteiger partial charge in [-0.05, 0) is 23.7 Å². The van der Waals surface area contributed by atoms with Crippen molar-refractivity contribution < 1.29 is 19.1 Å². The maximum atomic E-state index is 12.1. The molecular formula is C17H28O4. The van der Waals surface area contributed by atoms with Crippen molar-refractivity contribution in [3.05, 3.63) is 0 Å². The lowest BCUT2D eigenvalue weighted by atomic mass is 9.79. The summed E-state index contributed by atoms with van der Waals surface area (Å²) in [5.74, 6) is 0.119. The van der Waals surface area contributed by atoms with Crippen LogP contribution >= 0.6 is 0 Å². The predicted molar refractivity (Wildman–Crippen MR) is 80.1 cm³/mol. The van der Waals surface area contributed by atoms with Gasteiger partial charge >= 0.3 is 0 Å². The van der Waals surface area contributed by atoms with Gasteiger partial charge in [0.15, 0.2) is 0 Å². The van der Waals surface area contributed by atoms with Crippen molar-refractivity contribution in [1.82, 2.24) is 0 Å². The van der Waals surface area contributed by atoms with Crippen LogP contribution in [-0.2, 0) is 19.1 Å². The van der Waals surface area contributed by atoms with Gasteiger partial charge in [0.05, 0.1) is 31.8 Å². The Bertz CT molecular complexity index is 365. The first-order valence-electron chi connectivity index (χ1n) is 7.92. The quantitative estimate of drug-likeness (QED) is 0.459. The average Bonchev–Trinajstić information content (AvgIpc) is 3.11. The minimum absolute atomic E-state index is 0.0594. The highest BCUT2D eigenvalue weighted by Crippen LogP contribution is 2.34. The maximum absolute atomic E-state index is 12.1. The number of carbonyl (C=O) groups excluding carboxylic acids is 2. The number of Topliss-reactive ketones (excluding diaryl/α,β-unsaturated/α-hetero) is 2. The Morgan fingerprint density at radius 1 is 0.857 bits per heavy atom. The molecule has 2 rings (SSSR count). The number of carbonyl (C=O) groups is 2. The fourth-order valence-electron chi connectivity index (χ4n) is 3.16. The molecule has 0 aromatic heterocycles.